The standard InChI is InChI=1S/C12H22N4/c1-9(13)11-4-5-16(7-11)8-12-6-15(3)14-10(12)2/h6,9,11H,4-5,7-8,13H2,1-3H3. The molecule has 2 atom stereocenters. The monoisotopic (exact) mass is 222 g/mol. The molecule has 1 saturated heterocycles. The van der Waals surface area contributed by atoms with Gasteiger partial charge in [-0.25, -0.2) is 0 Å². The van der Waals surface area contributed by atoms with Gasteiger partial charge in [0, 0.05) is 37.9 Å². The summed E-state index contributed by atoms with van der Waals surface area (Å²) in [7, 11) is 1.98. The van der Waals surface area contributed by atoms with Crippen LogP contribution in [0.15, 0.2) is 6.20 Å². The molecule has 2 N–H and O–H groups in total. The Morgan fingerprint density at radius 1 is 1.62 bits per heavy atom. The number of aryl methyl sites for hydroxylation is 2. The van der Waals surface area contributed by atoms with Crippen molar-refractivity contribution in [3.05, 3.63) is 17.5 Å². The van der Waals surface area contributed by atoms with Gasteiger partial charge in [0.15, 0.2) is 0 Å². The molecule has 1 aliphatic rings. The van der Waals surface area contributed by atoms with Crippen molar-refractivity contribution < 1.29 is 0 Å². The van der Waals surface area contributed by atoms with Gasteiger partial charge in [-0.1, -0.05) is 0 Å². The first-order valence-corrected chi connectivity index (χ1v) is 6.03. The van der Waals surface area contributed by atoms with Crippen LogP contribution in [0.5, 0.6) is 0 Å². The molecule has 0 aliphatic carbocycles. The molecule has 0 spiro atoms. The summed E-state index contributed by atoms with van der Waals surface area (Å²) in [6, 6.07) is 0.319. The molecule has 1 fully saturated rings. The van der Waals surface area contributed by atoms with Crippen LogP contribution in [-0.2, 0) is 13.6 Å². The number of likely N-dealkylation sites (tertiary alicyclic amines) is 1. The molecule has 0 amide bonds. The average molecular weight is 222 g/mol. The van der Waals surface area contributed by atoms with Crippen LogP contribution in [-0.4, -0.2) is 33.8 Å². The first-order chi connectivity index (χ1) is 7.56. The molecule has 0 aromatic carbocycles. The maximum Gasteiger partial charge on any atom is 0.0638 e. The van der Waals surface area contributed by atoms with E-state index in [-0.39, 0.29) is 0 Å². The second-order valence-corrected chi connectivity index (χ2v) is 5.06. The maximum absolute atomic E-state index is 5.94. The van der Waals surface area contributed by atoms with Crippen LogP contribution in [0.25, 0.3) is 0 Å². The SMILES string of the molecule is Cc1nn(C)cc1CN1CCC(C(C)N)C1. The van der Waals surface area contributed by atoms with Crippen LogP contribution < -0.4 is 5.73 Å². The van der Waals surface area contributed by atoms with Crippen molar-refractivity contribution >= 4 is 0 Å². The van der Waals surface area contributed by atoms with Crippen molar-refractivity contribution in [2.45, 2.75) is 32.9 Å². The largest absolute Gasteiger partial charge is 0.328 e. The average Bonchev–Trinajstić information content (AvgIpc) is 2.75. The highest BCUT2D eigenvalue weighted by Gasteiger charge is 2.25. The van der Waals surface area contributed by atoms with Crippen LogP contribution in [0.4, 0.5) is 0 Å². The Labute approximate surface area is 97.4 Å². The van der Waals surface area contributed by atoms with Crippen molar-refractivity contribution in [1.82, 2.24) is 14.7 Å². The Hall–Kier alpha value is -0.870. The summed E-state index contributed by atoms with van der Waals surface area (Å²) in [5, 5.41) is 4.37. The van der Waals surface area contributed by atoms with E-state index in [9.17, 15) is 0 Å². The Balaban J connectivity index is 1.94. The number of rotatable bonds is 3. The van der Waals surface area contributed by atoms with Gasteiger partial charge in [0.2, 0.25) is 0 Å². The highest BCUT2D eigenvalue weighted by Crippen LogP contribution is 2.21. The number of nitrogens with zero attached hydrogens (tertiary/aromatic N) is 3. The molecule has 1 aliphatic heterocycles. The molecular weight excluding hydrogens is 200 g/mol. The van der Waals surface area contributed by atoms with Gasteiger partial charge in [0.25, 0.3) is 0 Å². The van der Waals surface area contributed by atoms with Crippen LogP contribution in [0.1, 0.15) is 24.6 Å². The zero-order valence-electron chi connectivity index (χ0n) is 10.5. The molecule has 0 bridgehead atoms. The summed E-state index contributed by atoms with van der Waals surface area (Å²) >= 11 is 0. The molecular formula is C12H22N4. The summed E-state index contributed by atoms with van der Waals surface area (Å²) in [6.07, 6.45) is 3.35. The maximum atomic E-state index is 5.94. The molecule has 16 heavy (non-hydrogen) atoms. The molecule has 2 unspecified atom stereocenters. The van der Waals surface area contributed by atoms with Gasteiger partial charge in [-0.2, -0.15) is 5.10 Å². The number of nitrogens with two attached hydrogens (primary N) is 1. The van der Waals surface area contributed by atoms with E-state index in [0.717, 1.165) is 18.8 Å². The Morgan fingerprint density at radius 3 is 2.88 bits per heavy atom. The van der Waals surface area contributed by atoms with Gasteiger partial charge in [0.1, 0.15) is 0 Å². The molecule has 1 aromatic rings. The summed E-state index contributed by atoms with van der Waals surface area (Å²) < 4.78 is 1.89. The lowest BCUT2D eigenvalue weighted by atomic mass is 10.0. The Morgan fingerprint density at radius 2 is 2.38 bits per heavy atom. The van der Waals surface area contributed by atoms with Crippen LogP contribution in [0.3, 0.4) is 0 Å². The van der Waals surface area contributed by atoms with Gasteiger partial charge in [-0.05, 0) is 32.7 Å². The topological polar surface area (TPSA) is 47.1 Å². The molecule has 4 nitrogen and oxygen atoms in total. The number of aromatic nitrogens is 2. The highest BCUT2D eigenvalue weighted by atomic mass is 15.3. The van der Waals surface area contributed by atoms with Crippen molar-refractivity contribution in [3.8, 4) is 0 Å². The summed E-state index contributed by atoms with van der Waals surface area (Å²) in [5.74, 6) is 0.664. The molecule has 90 valence electrons. The minimum absolute atomic E-state index is 0.319. The van der Waals surface area contributed by atoms with Gasteiger partial charge < -0.3 is 5.73 Å². The fraction of sp³-hybridized carbons (Fsp3) is 0.750. The van der Waals surface area contributed by atoms with Gasteiger partial charge in [-0.3, -0.25) is 9.58 Å². The van der Waals surface area contributed by atoms with E-state index in [1.165, 1.54) is 18.5 Å². The van der Waals surface area contributed by atoms with Crippen LogP contribution >= 0.6 is 0 Å². The first-order valence-electron chi connectivity index (χ1n) is 6.03. The van der Waals surface area contributed by atoms with Crippen molar-refractivity contribution in [3.63, 3.8) is 0 Å². The lowest BCUT2D eigenvalue weighted by molar-refractivity contribution is 0.308. The summed E-state index contributed by atoms with van der Waals surface area (Å²) in [6.45, 7) is 7.51. The lowest BCUT2D eigenvalue weighted by Gasteiger charge is -2.17. The van der Waals surface area contributed by atoms with Gasteiger partial charge in [0.05, 0.1) is 5.69 Å². The predicted molar refractivity (Wildman–Crippen MR) is 65.0 cm³/mol. The Bertz CT molecular complexity index is 356. The van der Waals surface area contributed by atoms with E-state index in [1.54, 1.807) is 0 Å². The van der Waals surface area contributed by atoms with Crippen molar-refractivity contribution in [2.24, 2.45) is 18.7 Å². The zero-order valence-corrected chi connectivity index (χ0v) is 10.5. The van der Waals surface area contributed by atoms with Crippen molar-refractivity contribution in [2.75, 3.05) is 13.1 Å². The van der Waals surface area contributed by atoms with E-state index >= 15 is 0 Å². The molecule has 4 heteroatoms. The van der Waals surface area contributed by atoms with E-state index in [4.69, 9.17) is 5.73 Å². The van der Waals surface area contributed by atoms with E-state index in [2.05, 4.69) is 30.0 Å². The minimum atomic E-state index is 0.319. The first kappa shape index (κ1) is 11.6. The van der Waals surface area contributed by atoms with E-state index in [0.29, 0.717) is 12.0 Å². The quantitative estimate of drug-likeness (QED) is 0.826. The van der Waals surface area contributed by atoms with E-state index < -0.39 is 0 Å². The number of hydrogen-bond acceptors (Lipinski definition) is 3. The van der Waals surface area contributed by atoms with Crippen LogP contribution in [0.2, 0.25) is 0 Å². The fourth-order valence-corrected chi connectivity index (χ4v) is 2.48. The van der Waals surface area contributed by atoms with E-state index in [1.807, 2.05) is 11.7 Å². The third kappa shape index (κ3) is 2.44. The molecule has 2 heterocycles. The zero-order chi connectivity index (χ0) is 11.7. The smallest absolute Gasteiger partial charge is 0.0638 e. The third-order valence-corrected chi connectivity index (χ3v) is 3.56. The van der Waals surface area contributed by atoms with Crippen molar-refractivity contribution in [1.29, 1.82) is 0 Å². The fourth-order valence-electron chi connectivity index (χ4n) is 2.48. The molecule has 1 aromatic heterocycles. The van der Waals surface area contributed by atoms with Crippen LogP contribution in [0, 0.1) is 12.8 Å². The minimum Gasteiger partial charge on any atom is -0.328 e. The molecule has 2 rings (SSSR count). The number of hydrogen-bond donors (Lipinski definition) is 1. The second-order valence-electron chi connectivity index (χ2n) is 5.06. The molecule has 0 saturated carbocycles. The second kappa shape index (κ2) is 4.55. The summed E-state index contributed by atoms with van der Waals surface area (Å²) in [4.78, 5) is 2.48. The highest BCUT2D eigenvalue weighted by molar-refractivity contribution is 5.15. The lowest BCUT2D eigenvalue weighted by Crippen LogP contribution is -2.29. The third-order valence-electron chi connectivity index (χ3n) is 3.56. The summed E-state index contributed by atoms with van der Waals surface area (Å²) in [5.41, 5.74) is 8.43. The predicted octanol–water partition coefficient (Wildman–Crippen LogP) is 0.898. The molecule has 0 radical (unpaired) electrons. The van der Waals surface area contributed by atoms with Gasteiger partial charge >= 0.3 is 0 Å². The Kier molecular flexibility index (Phi) is 3.30. The van der Waals surface area contributed by atoms with Gasteiger partial charge in [-0.15, -0.1) is 0 Å². The normalized spacial score (nSPS) is 23.9.